The third-order valence-electron chi connectivity index (χ3n) is 3.66. The van der Waals surface area contributed by atoms with Gasteiger partial charge in [-0.25, -0.2) is 0 Å². The molecule has 0 aliphatic carbocycles. The molecule has 26 heavy (non-hydrogen) atoms. The zero-order valence-electron chi connectivity index (χ0n) is 15.5. The smallest absolute Gasteiger partial charge is 0.277 e. The van der Waals surface area contributed by atoms with Crippen molar-refractivity contribution in [2.24, 2.45) is 0 Å². The molecule has 1 aromatic carbocycles. The summed E-state index contributed by atoms with van der Waals surface area (Å²) in [6, 6.07) is 3.58. The Morgan fingerprint density at radius 3 is 2.38 bits per heavy atom. The Hall–Kier alpha value is -2.42. The van der Waals surface area contributed by atoms with Crippen LogP contribution in [-0.4, -0.2) is 49.2 Å². The number of aromatic nitrogens is 2. The maximum absolute atomic E-state index is 11.8. The molecule has 1 N–H and O–H groups in total. The molecule has 8 nitrogen and oxygen atoms in total. The van der Waals surface area contributed by atoms with Crippen LogP contribution in [0.15, 0.2) is 21.8 Å². The Bertz CT molecular complexity index is 725. The van der Waals surface area contributed by atoms with Crippen LogP contribution in [0.25, 0.3) is 11.5 Å². The van der Waals surface area contributed by atoms with Crippen molar-refractivity contribution in [1.82, 2.24) is 15.5 Å². The van der Waals surface area contributed by atoms with E-state index in [-0.39, 0.29) is 17.7 Å². The van der Waals surface area contributed by atoms with E-state index in [1.807, 2.05) is 13.8 Å². The van der Waals surface area contributed by atoms with Crippen LogP contribution in [0.5, 0.6) is 17.2 Å². The second-order valence-corrected chi connectivity index (χ2v) is 6.38. The number of carbonyl (C=O) groups is 1. The van der Waals surface area contributed by atoms with Crippen molar-refractivity contribution >= 4 is 17.7 Å². The second kappa shape index (κ2) is 9.33. The Morgan fingerprint density at radius 1 is 1.19 bits per heavy atom. The van der Waals surface area contributed by atoms with Gasteiger partial charge in [-0.05, 0) is 25.5 Å². The minimum absolute atomic E-state index is 0.0723. The summed E-state index contributed by atoms with van der Waals surface area (Å²) in [7, 11) is 4.60. The van der Waals surface area contributed by atoms with Crippen LogP contribution in [-0.2, 0) is 4.79 Å². The summed E-state index contributed by atoms with van der Waals surface area (Å²) in [6.45, 7) is 3.97. The lowest BCUT2D eigenvalue weighted by Gasteiger charge is -2.12. The molecule has 0 fully saturated rings. The van der Waals surface area contributed by atoms with E-state index in [4.69, 9.17) is 18.6 Å². The first-order valence-corrected chi connectivity index (χ1v) is 9.06. The van der Waals surface area contributed by atoms with E-state index in [0.717, 1.165) is 6.42 Å². The van der Waals surface area contributed by atoms with Gasteiger partial charge in [-0.15, -0.1) is 10.2 Å². The molecule has 0 saturated heterocycles. The number of hydrogen-bond donors (Lipinski definition) is 1. The van der Waals surface area contributed by atoms with Gasteiger partial charge in [-0.2, -0.15) is 0 Å². The summed E-state index contributed by atoms with van der Waals surface area (Å²) in [5, 5.41) is 11.2. The lowest BCUT2D eigenvalue weighted by Crippen LogP contribution is -2.33. The Morgan fingerprint density at radius 2 is 1.85 bits per heavy atom. The number of nitrogens with zero attached hydrogens (tertiary/aromatic N) is 2. The number of methoxy groups -OCH3 is 3. The summed E-state index contributed by atoms with van der Waals surface area (Å²) in [6.07, 6.45) is 0.877. The highest BCUT2D eigenvalue weighted by Crippen LogP contribution is 2.41. The molecule has 0 unspecified atom stereocenters. The zero-order valence-corrected chi connectivity index (χ0v) is 16.3. The van der Waals surface area contributed by atoms with Crippen molar-refractivity contribution in [1.29, 1.82) is 0 Å². The van der Waals surface area contributed by atoms with E-state index in [0.29, 0.717) is 33.9 Å². The van der Waals surface area contributed by atoms with E-state index in [1.165, 1.54) is 33.1 Å². The van der Waals surface area contributed by atoms with E-state index in [1.54, 1.807) is 12.1 Å². The van der Waals surface area contributed by atoms with Crippen molar-refractivity contribution < 1.29 is 23.4 Å². The molecule has 0 radical (unpaired) electrons. The average molecular weight is 381 g/mol. The summed E-state index contributed by atoms with van der Waals surface area (Å²) < 4.78 is 21.6. The van der Waals surface area contributed by atoms with Gasteiger partial charge >= 0.3 is 0 Å². The summed E-state index contributed by atoms with van der Waals surface area (Å²) in [4.78, 5) is 11.8. The minimum Gasteiger partial charge on any atom is -0.493 e. The highest BCUT2D eigenvalue weighted by atomic mass is 32.2. The van der Waals surface area contributed by atoms with Crippen molar-refractivity contribution in [3.8, 4) is 28.7 Å². The van der Waals surface area contributed by atoms with Gasteiger partial charge in [0.15, 0.2) is 11.5 Å². The number of nitrogens with one attached hydrogen (secondary N) is 1. The molecule has 2 aromatic rings. The maximum Gasteiger partial charge on any atom is 0.277 e. The molecule has 2 rings (SSSR count). The average Bonchev–Trinajstić information content (AvgIpc) is 3.13. The maximum atomic E-state index is 11.8. The largest absolute Gasteiger partial charge is 0.493 e. The van der Waals surface area contributed by atoms with Crippen molar-refractivity contribution in [2.45, 2.75) is 31.5 Å². The molecule has 1 heterocycles. The van der Waals surface area contributed by atoms with Gasteiger partial charge < -0.3 is 23.9 Å². The Labute approximate surface area is 156 Å². The molecule has 0 aliphatic rings. The lowest BCUT2D eigenvalue weighted by molar-refractivity contribution is -0.119. The van der Waals surface area contributed by atoms with Crippen molar-refractivity contribution in [3.63, 3.8) is 0 Å². The first kappa shape index (κ1) is 19.9. The minimum atomic E-state index is -0.0723. The first-order valence-electron chi connectivity index (χ1n) is 8.08. The van der Waals surface area contributed by atoms with Gasteiger partial charge in [0, 0.05) is 11.6 Å². The highest BCUT2D eigenvalue weighted by Gasteiger charge is 2.18. The summed E-state index contributed by atoms with van der Waals surface area (Å²) >= 11 is 1.18. The molecule has 1 aromatic heterocycles. The van der Waals surface area contributed by atoms with Crippen LogP contribution < -0.4 is 19.5 Å². The monoisotopic (exact) mass is 381 g/mol. The molecular formula is C17H23N3O5S. The number of rotatable bonds is 9. The van der Waals surface area contributed by atoms with Crippen LogP contribution in [0.1, 0.15) is 20.3 Å². The van der Waals surface area contributed by atoms with Crippen LogP contribution in [0, 0.1) is 0 Å². The molecule has 9 heteroatoms. The highest BCUT2D eigenvalue weighted by molar-refractivity contribution is 7.99. The van der Waals surface area contributed by atoms with Gasteiger partial charge in [0.05, 0.1) is 27.1 Å². The predicted octanol–water partition coefficient (Wildman–Crippen LogP) is 2.77. The fourth-order valence-corrected chi connectivity index (χ4v) is 2.71. The van der Waals surface area contributed by atoms with Crippen molar-refractivity contribution in [2.75, 3.05) is 27.1 Å². The lowest BCUT2D eigenvalue weighted by atomic mass is 10.2. The third-order valence-corrected chi connectivity index (χ3v) is 4.48. The second-order valence-electron chi connectivity index (χ2n) is 5.45. The van der Waals surface area contributed by atoms with Gasteiger partial charge in [0.1, 0.15) is 0 Å². The SMILES string of the molecule is CC[C@H](C)NC(=O)CSc1nnc(-c2cc(OC)c(OC)c(OC)c2)o1. The van der Waals surface area contributed by atoms with Crippen LogP contribution >= 0.6 is 11.8 Å². The van der Waals surface area contributed by atoms with Crippen LogP contribution in [0.4, 0.5) is 0 Å². The molecule has 142 valence electrons. The number of benzene rings is 1. The summed E-state index contributed by atoms with van der Waals surface area (Å²) in [5.41, 5.74) is 0.628. The molecule has 0 aliphatic heterocycles. The van der Waals surface area contributed by atoms with E-state index in [2.05, 4.69) is 15.5 Å². The third kappa shape index (κ3) is 4.81. The number of thioether (sulfide) groups is 1. The number of amides is 1. The molecule has 0 bridgehead atoms. The normalized spacial score (nSPS) is 11.7. The topological polar surface area (TPSA) is 95.7 Å². The standard InChI is InChI=1S/C17H23N3O5S/c1-6-10(2)18-14(21)9-26-17-20-19-16(25-17)11-7-12(22-3)15(24-5)13(8-11)23-4/h7-8,10H,6,9H2,1-5H3,(H,18,21)/t10-/m0/s1. The predicted molar refractivity (Wildman–Crippen MR) is 98.0 cm³/mol. The Kier molecular flexibility index (Phi) is 7.14. The fourth-order valence-electron chi connectivity index (χ4n) is 2.14. The molecule has 0 spiro atoms. The quantitative estimate of drug-likeness (QED) is 0.663. The van der Waals surface area contributed by atoms with Gasteiger partial charge in [0.2, 0.25) is 17.5 Å². The van der Waals surface area contributed by atoms with E-state index >= 15 is 0 Å². The first-order chi connectivity index (χ1) is 12.5. The van der Waals surface area contributed by atoms with Gasteiger partial charge in [0.25, 0.3) is 5.22 Å². The van der Waals surface area contributed by atoms with Crippen LogP contribution in [0.3, 0.4) is 0 Å². The van der Waals surface area contributed by atoms with Gasteiger partial charge in [-0.3, -0.25) is 4.79 Å². The van der Waals surface area contributed by atoms with Crippen molar-refractivity contribution in [3.05, 3.63) is 12.1 Å². The summed E-state index contributed by atoms with van der Waals surface area (Å²) in [5.74, 6) is 1.89. The molecule has 1 amide bonds. The van der Waals surface area contributed by atoms with E-state index < -0.39 is 0 Å². The van der Waals surface area contributed by atoms with Gasteiger partial charge in [-0.1, -0.05) is 18.7 Å². The van der Waals surface area contributed by atoms with Crippen LogP contribution in [0.2, 0.25) is 0 Å². The number of hydrogen-bond acceptors (Lipinski definition) is 8. The van der Waals surface area contributed by atoms with E-state index in [9.17, 15) is 4.79 Å². The molecule has 0 saturated carbocycles. The fraction of sp³-hybridized carbons (Fsp3) is 0.471. The molecule has 1 atom stereocenters. The zero-order chi connectivity index (χ0) is 19.1. The molecular weight excluding hydrogens is 358 g/mol. The number of ether oxygens (including phenoxy) is 3. The Balaban J connectivity index is 2.13. The number of carbonyl (C=O) groups excluding carboxylic acids is 1.